The number of phenolic OH excluding ortho intramolecular Hbond substituents is 1. The highest BCUT2D eigenvalue weighted by molar-refractivity contribution is 6.32. The lowest BCUT2D eigenvalue weighted by Crippen LogP contribution is -1.97. The van der Waals surface area contributed by atoms with Crippen molar-refractivity contribution in [2.75, 3.05) is 5.32 Å². The van der Waals surface area contributed by atoms with Crippen molar-refractivity contribution < 1.29 is 5.11 Å². The van der Waals surface area contributed by atoms with Gasteiger partial charge in [0.15, 0.2) is 0 Å². The molecule has 7 heteroatoms. The number of anilines is 2. The van der Waals surface area contributed by atoms with Crippen LogP contribution in [0.15, 0.2) is 67.0 Å². The first-order valence-electron chi connectivity index (χ1n) is 7.88. The molecule has 2 heterocycles. The first-order chi connectivity index (χ1) is 12.7. The highest BCUT2D eigenvalue weighted by Gasteiger charge is 2.13. The van der Waals surface area contributed by atoms with Crippen LogP contribution in [0.25, 0.3) is 22.5 Å². The molecule has 0 aliphatic heterocycles. The number of H-pyrrole nitrogens is 1. The number of halogens is 1. The number of nitrogens with one attached hydrogen (secondary N) is 2. The summed E-state index contributed by atoms with van der Waals surface area (Å²) in [7, 11) is 0. The van der Waals surface area contributed by atoms with E-state index in [-0.39, 0.29) is 5.75 Å². The van der Waals surface area contributed by atoms with Crippen molar-refractivity contribution in [3.05, 3.63) is 72.0 Å². The van der Waals surface area contributed by atoms with Crippen LogP contribution in [-0.2, 0) is 0 Å². The van der Waals surface area contributed by atoms with Gasteiger partial charge in [-0.15, -0.1) is 0 Å². The molecule has 4 aromatic rings. The van der Waals surface area contributed by atoms with E-state index in [4.69, 9.17) is 11.6 Å². The van der Waals surface area contributed by atoms with Gasteiger partial charge in [-0.1, -0.05) is 35.9 Å². The zero-order valence-electron chi connectivity index (χ0n) is 13.5. The molecule has 128 valence electrons. The minimum atomic E-state index is 0.0128. The highest BCUT2D eigenvalue weighted by atomic mass is 35.5. The molecule has 0 spiro atoms. The molecule has 0 saturated carbocycles. The Morgan fingerprint density at radius 1 is 1.04 bits per heavy atom. The molecular formula is C19H14ClN5O. The second-order valence-electron chi connectivity index (χ2n) is 5.58. The smallest absolute Gasteiger partial charge is 0.227 e. The number of para-hydroxylation sites is 1. The standard InChI is InChI=1S/C19H14ClN5O/c20-15-7-6-12(10-17(15)26)18-14(11-22-25-18)16-8-9-21-19(24-16)23-13-4-2-1-3-5-13/h1-11,26H,(H,22,25)(H,21,23,24). The normalized spacial score (nSPS) is 10.7. The van der Waals surface area contributed by atoms with Crippen LogP contribution >= 0.6 is 11.6 Å². The van der Waals surface area contributed by atoms with Gasteiger partial charge in [-0.25, -0.2) is 9.97 Å². The van der Waals surface area contributed by atoms with Crippen molar-refractivity contribution in [3.63, 3.8) is 0 Å². The van der Waals surface area contributed by atoms with Crippen molar-refractivity contribution in [3.8, 4) is 28.3 Å². The summed E-state index contributed by atoms with van der Waals surface area (Å²) in [5.41, 5.74) is 3.90. The largest absolute Gasteiger partial charge is 0.506 e. The SMILES string of the molecule is Oc1cc(-c2[nH]ncc2-c2ccnc(Nc3ccccc3)n2)ccc1Cl. The van der Waals surface area contributed by atoms with Crippen LogP contribution in [0.4, 0.5) is 11.6 Å². The lowest BCUT2D eigenvalue weighted by molar-refractivity contribution is 0.476. The third-order valence-corrected chi connectivity index (χ3v) is 4.16. The second-order valence-corrected chi connectivity index (χ2v) is 5.99. The number of aromatic nitrogens is 4. The van der Waals surface area contributed by atoms with E-state index in [0.717, 1.165) is 22.5 Å². The average Bonchev–Trinajstić information content (AvgIpc) is 3.15. The number of benzene rings is 2. The molecule has 3 N–H and O–H groups in total. The third-order valence-electron chi connectivity index (χ3n) is 3.84. The summed E-state index contributed by atoms with van der Waals surface area (Å²) in [5, 5.41) is 20.4. The van der Waals surface area contributed by atoms with Gasteiger partial charge in [-0.05, 0) is 30.3 Å². The Labute approximate surface area is 154 Å². The summed E-state index contributed by atoms with van der Waals surface area (Å²) >= 11 is 5.89. The molecular weight excluding hydrogens is 350 g/mol. The molecule has 0 amide bonds. The quantitative estimate of drug-likeness (QED) is 0.492. The third kappa shape index (κ3) is 3.22. The van der Waals surface area contributed by atoms with Crippen molar-refractivity contribution >= 4 is 23.2 Å². The zero-order valence-corrected chi connectivity index (χ0v) is 14.3. The van der Waals surface area contributed by atoms with Crippen LogP contribution in [0.5, 0.6) is 5.75 Å². The summed E-state index contributed by atoms with van der Waals surface area (Å²) in [4.78, 5) is 8.83. The number of hydrogen-bond acceptors (Lipinski definition) is 5. The lowest BCUT2D eigenvalue weighted by atomic mass is 10.1. The molecule has 0 radical (unpaired) electrons. The maximum atomic E-state index is 9.87. The second kappa shape index (κ2) is 6.85. The molecule has 0 aliphatic rings. The molecule has 0 unspecified atom stereocenters. The number of nitrogens with zero attached hydrogens (tertiary/aromatic N) is 3. The Bertz CT molecular complexity index is 1050. The van der Waals surface area contributed by atoms with Crippen LogP contribution in [0.3, 0.4) is 0 Å². The minimum absolute atomic E-state index is 0.0128. The van der Waals surface area contributed by atoms with Crippen molar-refractivity contribution in [2.45, 2.75) is 0 Å². The first kappa shape index (κ1) is 16.1. The first-order valence-corrected chi connectivity index (χ1v) is 8.26. The molecule has 0 aliphatic carbocycles. The van der Waals surface area contributed by atoms with Crippen LogP contribution in [-0.4, -0.2) is 25.3 Å². The van der Waals surface area contributed by atoms with Crippen LogP contribution in [0.2, 0.25) is 5.02 Å². The summed E-state index contributed by atoms with van der Waals surface area (Å²) in [6, 6.07) is 16.5. The van der Waals surface area contributed by atoms with E-state index < -0.39 is 0 Å². The van der Waals surface area contributed by atoms with Gasteiger partial charge in [0.2, 0.25) is 5.95 Å². The van der Waals surface area contributed by atoms with Crippen molar-refractivity contribution in [2.24, 2.45) is 0 Å². The Morgan fingerprint density at radius 3 is 2.69 bits per heavy atom. The van der Waals surface area contributed by atoms with E-state index in [9.17, 15) is 5.11 Å². The topological polar surface area (TPSA) is 86.7 Å². The molecule has 26 heavy (non-hydrogen) atoms. The van der Waals surface area contributed by atoms with Gasteiger partial charge in [0, 0.05) is 23.0 Å². The summed E-state index contributed by atoms with van der Waals surface area (Å²) < 4.78 is 0. The van der Waals surface area contributed by atoms with E-state index in [0.29, 0.717) is 16.7 Å². The molecule has 6 nitrogen and oxygen atoms in total. The molecule has 0 saturated heterocycles. The Balaban J connectivity index is 1.70. The number of phenols is 1. The molecule has 4 rings (SSSR count). The molecule has 0 bridgehead atoms. The van der Waals surface area contributed by atoms with Crippen LogP contribution in [0, 0.1) is 0 Å². The van der Waals surface area contributed by atoms with Gasteiger partial charge < -0.3 is 10.4 Å². The van der Waals surface area contributed by atoms with Gasteiger partial charge in [0.25, 0.3) is 0 Å². The van der Waals surface area contributed by atoms with E-state index in [1.54, 1.807) is 30.6 Å². The minimum Gasteiger partial charge on any atom is -0.506 e. The van der Waals surface area contributed by atoms with Crippen LogP contribution in [0.1, 0.15) is 0 Å². The van der Waals surface area contributed by atoms with Crippen molar-refractivity contribution in [1.29, 1.82) is 0 Å². The van der Waals surface area contributed by atoms with E-state index in [1.165, 1.54) is 0 Å². The summed E-state index contributed by atoms with van der Waals surface area (Å²) in [6.45, 7) is 0. The van der Waals surface area contributed by atoms with E-state index in [1.807, 2.05) is 36.4 Å². The van der Waals surface area contributed by atoms with Gasteiger partial charge in [-0.3, -0.25) is 5.10 Å². The number of hydrogen-bond donors (Lipinski definition) is 3. The fourth-order valence-corrected chi connectivity index (χ4v) is 2.71. The zero-order chi connectivity index (χ0) is 17.9. The van der Waals surface area contributed by atoms with Gasteiger partial charge >= 0.3 is 0 Å². The molecule has 2 aromatic carbocycles. The Morgan fingerprint density at radius 2 is 1.88 bits per heavy atom. The van der Waals surface area contributed by atoms with Crippen molar-refractivity contribution in [1.82, 2.24) is 20.2 Å². The monoisotopic (exact) mass is 363 g/mol. The maximum absolute atomic E-state index is 9.87. The molecule has 2 aromatic heterocycles. The maximum Gasteiger partial charge on any atom is 0.227 e. The summed E-state index contributed by atoms with van der Waals surface area (Å²) in [6.07, 6.45) is 3.37. The molecule has 0 fully saturated rings. The Kier molecular flexibility index (Phi) is 4.25. The number of aromatic hydroxyl groups is 1. The predicted molar refractivity (Wildman–Crippen MR) is 101 cm³/mol. The van der Waals surface area contributed by atoms with Gasteiger partial charge in [-0.2, -0.15) is 5.10 Å². The predicted octanol–water partition coefficient (Wildman–Crippen LogP) is 4.64. The van der Waals surface area contributed by atoms with E-state index in [2.05, 4.69) is 25.5 Å². The fourth-order valence-electron chi connectivity index (χ4n) is 2.59. The van der Waals surface area contributed by atoms with Crippen LogP contribution < -0.4 is 5.32 Å². The number of aromatic amines is 1. The Hall–Kier alpha value is -3.38. The average molecular weight is 364 g/mol. The fraction of sp³-hybridized carbons (Fsp3) is 0. The molecule has 0 atom stereocenters. The lowest BCUT2D eigenvalue weighted by Gasteiger charge is -2.07. The highest BCUT2D eigenvalue weighted by Crippen LogP contribution is 2.33. The summed E-state index contributed by atoms with van der Waals surface area (Å²) in [5.74, 6) is 0.499. The van der Waals surface area contributed by atoms with Gasteiger partial charge in [0.05, 0.1) is 22.6 Å². The van der Waals surface area contributed by atoms with Gasteiger partial charge in [0.1, 0.15) is 5.75 Å². The number of rotatable bonds is 4. The van der Waals surface area contributed by atoms with E-state index >= 15 is 0 Å².